The Hall–Kier alpha value is -4.12. The molecule has 0 fully saturated rings. The first-order valence-electron chi connectivity index (χ1n) is 15.3. The molecule has 0 saturated heterocycles. The molecule has 11 nitrogen and oxygen atoms in total. The van der Waals surface area contributed by atoms with Crippen LogP contribution in [0.5, 0.6) is 23.3 Å². The molecule has 0 aliphatic carbocycles. The number of benzene rings is 6. The van der Waals surface area contributed by atoms with Crippen molar-refractivity contribution in [3.05, 3.63) is 145 Å². The molecule has 53 heavy (non-hydrogen) atoms. The number of hydrogen-bond donors (Lipinski definition) is 1. The van der Waals surface area contributed by atoms with E-state index in [0.717, 1.165) is 27.6 Å². The van der Waals surface area contributed by atoms with Crippen LogP contribution < -0.4 is 73.9 Å². The van der Waals surface area contributed by atoms with E-state index in [2.05, 4.69) is 15.3 Å². The summed E-state index contributed by atoms with van der Waals surface area (Å²) < 4.78 is 88.2. The van der Waals surface area contributed by atoms with E-state index in [4.69, 9.17) is 9.47 Å². The van der Waals surface area contributed by atoms with Gasteiger partial charge in [-0.25, -0.2) is 16.8 Å². The number of aromatic nitrogens is 2. The molecule has 0 amide bonds. The average Bonchev–Trinajstić information content (AvgIpc) is 3.11. The smallest absolute Gasteiger partial charge is 0.744 e. The molecule has 0 saturated carbocycles. The predicted octanol–water partition coefficient (Wildman–Crippen LogP) is 2.10. The number of rotatable bonds is 10. The topological polar surface area (TPSA) is 171 Å². The van der Waals surface area contributed by atoms with Gasteiger partial charge in [-0.1, -0.05) is 121 Å². The van der Waals surface area contributed by atoms with Crippen molar-refractivity contribution in [2.45, 2.75) is 9.79 Å². The molecule has 0 spiro atoms. The average molecular weight is 762 g/mol. The molecule has 1 aromatic heterocycles. The van der Waals surface area contributed by atoms with Gasteiger partial charge in [0.1, 0.15) is 31.7 Å². The van der Waals surface area contributed by atoms with Crippen molar-refractivity contribution >= 4 is 65.6 Å². The second-order valence-electron chi connectivity index (χ2n) is 11.2. The molecule has 0 bridgehead atoms. The summed E-state index contributed by atoms with van der Waals surface area (Å²) in [7, 11) is -11.1. The molecule has 0 aliphatic heterocycles. The SMILES string of the molecule is O=S(=O)([O-])c1c(C=Cc2ccccc2)ccc(Nc2nc(Oc3cccc4ccccc34)cc(Oc3cccc4ccccc34)n2)c1S(=O)(=O)[O-].[Na+].[Na+]. The number of nitrogens with one attached hydrogen (secondary N) is 1. The van der Waals surface area contributed by atoms with Gasteiger partial charge in [0.25, 0.3) is 0 Å². The number of anilines is 2. The fourth-order valence-electron chi connectivity index (χ4n) is 5.54. The summed E-state index contributed by atoms with van der Waals surface area (Å²) in [6, 6.07) is 38.4. The Labute approximate surface area is 349 Å². The van der Waals surface area contributed by atoms with Crippen molar-refractivity contribution in [1.82, 2.24) is 9.97 Å². The van der Waals surface area contributed by atoms with Gasteiger partial charge in [0, 0.05) is 10.8 Å². The van der Waals surface area contributed by atoms with Crippen molar-refractivity contribution in [3.63, 3.8) is 0 Å². The monoisotopic (exact) mass is 761 g/mol. The predicted molar refractivity (Wildman–Crippen MR) is 191 cm³/mol. The van der Waals surface area contributed by atoms with Crippen LogP contribution in [0.1, 0.15) is 11.1 Å². The summed E-state index contributed by atoms with van der Waals surface area (Å²) >= 11 is 0. The molecule has 254 valence electrons. The maximum atomic E-state index is 12.7. The van der Waals surface area contributed by atoms with E-state index in [1.54, 1.807) is 54.6 Å². The maximum absolute atomic E-state index is 12.7. The van der Waals surface area contributed by atoms with Crippen LogP contribution in [0.2, 0.25) is 0 Å². The van der Waals surface area contributed by atoms with Crippen molar-refractivity contribution in [3.8, 4) is 23.3 Å². The quantitative estimate of drug-likeness (QED) is 0.123. The van der Waals surface area contributed by atoms with Gasteiger partial charge < -0.3 is 23.9 Å². The number of nitrogens with zero attached hydrogens (tertiary/aromatic N) is 2. The first-order valence-corrected chi connectivity index (χ1v) is 18.1. The molecule has 0 radical (unpaired) electrons. The zero-order chi connectivity index (χ0) is 35.6. The Morgan fingerprint density at radius 1 is 0.547 bits per heavy atom. The van der Waals surface area contributed by atoms with E-state index in [0.29, 0.717) is 17.1 Å². The van der Waals surface area contributed by atoms with Gasteiger partial charge in [-0.3, -0.25) is 0 Å². The van der Waals surface area contributed by atoms with Crippen LogP contribution in [-0.2, 0) is 20.2 Å². The molecule has 1 N–H and O–H groups in total. The Morgan fingerprint density at radius 2 is 1.04 bits per heavy atom. The van der Waals surface area contributed by atoms with E-state index in [1.807, 2.05) is 60.7 Å². The molecule has 1 heterocycles. The van der Waals surface area contributed by atoms with E-state index < -0.39 is 35.7 Å². The number of fused-ring (bicyclic) bond motifs is 2. The third-order valence-corrected chi connectivity index (χ3v) is 9.74. The minimum atomic E-state index is -5.58. The molecule has 7 rings (SSSR count). The minimum absolute atomic E-state index is 0. The van der Waals surface area contributed by atoms with Gasteiger partial charge in [0.15, 0.2) is 0 Å². The second kappa shape index (κ2) is 16.9. The van der Waals surface area contributed by atoms with E-state index in [1.165, 1.54) is 24.3 Å². The van der Waals surface area contributed by atoms with Crippen molar-refractivity contribution in [2.75, 3.05) is 5.32 Å². The van der Waals surface area contributed by atoms with Crippen molar-refractivity contribution in [1.29, 1.82) is 0 Å². The van der Waals surface area contributed by atoms with Crippen LogP contribution in [0, 0.1) is 0 Å². The zero-order valence-electron chi connectivity index (χ0n) is 28.3. The fourth-order valence-corrected chi connectivity index (χ4v) is 7.65. The minimum Gasteiger partial charge on any atom is -0.744 e. The van der Waals surface area contributed by atoms with Gasteiger partial charge >= 0.3 is 59.1 Å². The third kappa shape index (κ3) is 9.34. The summed E-state index contributed by atoms with van der Waals surface area (Å²) in [5.41, 5.74) is -0.215. The fraction of sp³-hybridized carbons (Fsp3) is 0. The van der Waals surface area contributed by atoms with Crippen molar-refractivity contribution in [2.24, 2.45) is 0 Å². The van der Waals surface area contributed by atoms with Crippen molar-refractivity contribution < 1.29 is 94.5 Å². The Bertz CT molecular complexity index is 2590. The van der Waals surface area contributed by atoms with Crippen LogP contribution in [0.25, 0.3) is 33.7 Å². The summed E-state index contributed by atoms with van der Waals surface area (Å²) in [6.45, 7) is 0. The Balaban J connectivity index is 0.00000271. The van der Waals surface area contributed by atoms with E-state index in [-0.39, 0.29) is 82.4 Å². The van der Waals surface area contributed by atoms with Gasteiger partial charge in [-0.15, -0.1) is 0 Å². The molecule has 0 atom stereocenters. The van der Waals surface area contributed by atoms with Crippen LogP contribution >= 0.6 is 0 Å². The summed E-state index contributed by atoms with van der Waals surface area (Å²) in [6.07, 6.45) is 2.72. The number of ether oxygens (including phenoxy) is 2. The molecule has 0 aliphatic rings. The number of hydrogen-bond acceptors (Lipinski definition) is 11. The van der Waals surface area contributed by atoms with Crippen LogP contribution in [0.4, 0.5) is 11.6 Å². The van der Waals surface area contributed by atoms with Gasteiger partial charge in [-0.2, -0.15) is 9.97 Å². The Morgan fingerprint density at radius 3 is 1.57 bits per heavy atom. The van der Waals surface area contributed by atoms with Gasteiger partial charge in [-0.05, 0) is 40.1 Å². The second-order valence-corrected chi connectivity index (χ2v) is 13.8. The zero-order valence-corrected chi connectivity index (χ0v) is 34.0. The summed E-state index contributed by atoms with van der Waals surface area (Å²) in [5.74, 6) is 0.473. The first kappa shape index (κ1) is 40.1. The standard InChI is InChI=1S/C38H27N3O8S2.2Na/c42-50(43,44)36-28(21-20-25-10-2-1-3-11-25)22-23-31(37(36)51(45,46)47)39-38-40-34(48-32-18-8-14-26-12-4-6-16-29(26)32)24-35(41-38)49-33-19-9-15-27-13-5-7-17-30(27)33;;/h1-24H,(H,39,40,41)(H,42,43,44)(H,45,46,47);;/q;2*+1/p-2. The summed E-state index contributed by atoms with van der Waals surface area (Å²) in [5, 5.41) is 5.97. The van der Waals surface area contributed by atoms with Gasteiger partial charge in [0.05, 0.1) is 21.5 Å². The van der Waals surface area contributed by atoms with Crippen LogP contribution in [0.15, 0.2) is 143 Å². The Kier molecular flexibility index (Phi) is 12.8. The molecule has 7 aromatic rings. The first-order chi connectivity index (χ1) is 24.5. The van der Waals surface area contributed by atoms with Crippen LogP contribution in [-0.4, -0.2) is 35.9 Å². The van der Waals surface area contributed by atoms with Gasteiger partial charge in [0.2, 0.25) is 17.7 Å². The van der Waals surface area contributed by atoms with E-state index in [9.17, 15) is 25.9 Å². The third-order valence-electron chi connectivity index (χ3n) is 7.75. The summed E-state index contributed by atoms with van der Waals surface area (Å²) in [4.78, 5) is 6.27. The molecule has 0 unspecified atom stereocenters. The van der Waals surface area contributed by atoms with Crippen LogP contribution in [0.3, 0.4) is 0 Å². The normalized spacial score (nSPS) is 11.5. The molecule has 15 heteroatoms. The maximum Gasteiger partial charge on any atom is 1.00 e. The molecular weight excluding hydrogens is 737 g/mol. The van der Waals surface area contributed by atoms with E-state index >= 15 is 0 Å². The largest absolute Gasteiger partial charge is 1.00 e. The molecular formula is C38H25N3Na2O8S2. The molecule has 6 aromatic carbocycles.